The van der Waals surface area contributed by atoms with Crippen LogP contribution in [0.4, 0.5) is 5.95 Å². The molecule has 0 N–H and O–H groups in total. The molecular formula is C14H19N5O2. The van der Waals surface area contributed by atoms with E-state index in [0.717, 1.165) is 19.4 Å². The number of rotatable bonds is 4. The highest BCUT2D eigenvalue weighted by Crippen LogP contribution is 2.33. The van der Waals surface area contributed by atoms with Gasteiger partial charge in [-0.3, -0.25) is 0 Å². The van der Waals surface area contributed by atoms with Crippen molar-refractivity contribution in [1.29, 1.82) is 0 Å². The summed E-state index contributed by atoms with van der Waals surface area (Å²) in [7, 11) is 1.60. The summed E-state index contributed by atoms with van der Waals surface area (Å²) in [6.45, 7) is 4.95. The molecule has 112 valence electrons. The third-order valence-electron chi connectivity index (χ3n) is 3.59. The molecule has 1 saturated heterocycles. The van der Waals surface area contributed by atoms with Crippen molar-refractivity contribution in [2.75, 3.05) is 18.6 Å². The van der Waals surface area contributed by atoms with Gasteiger partial charge in [-0.05, 0) is 12.8 Å². The molecule has 2 aromatic heterocycles. The fourth-order valence-corrected chi connectivity index (χ4v) is 2.48. The van der Waals surface area contributed by atoms with Crippen molar-refractivity contribution in [3.05, 3.63) is 24.0 Å². The number of hydrogen-bond acceptors (Lipinski definition) is 7. The molecule has 0 amide bonds. The summed E-state index contributed by atoms with van der Waals surface area (Å²) in [6, 6.07) is 1.80. The first-order valence-electron chi connectivity index (χ1n) is 7.16. The minimum atomic E-state index is 0.0633. The molecule has 0 spiro atoms. The maximum absolute atomic E-state index is 5.31. The van der Waals surface area contributed by atoms with Gasteiger partial charge in [0.15, 0.2) is 5.82 Å². The van der Waals surface area contributed by atoms with Gasteiger partial charge in [0.2, 0.25) is 17.7 Å². The van der Waals surface area contributed by atoms with Crippen molar-refractivity contribution >= 4 is 5.95 Å². The molecule has 1 aliphatic heterocycles. The van der Waals surface area contributed by atoms with E-state index >= 15 is 0 Å². The molecule has 0 radical (unpaired) electrons. The quantitative estimate of drug-likeness (QED) is 0.854. The van der Waals surface area contributed by atoms with Crippen LogP contribution in [-0.2, 0) is 0 Å². The van der Waals surface area contributed by atoms with Crippen molar-refractivity contribution in [3.8, 4) is 5.88 Å². The first-order valence-corrected chi connectivity index (χ1v) is 7.16. The van der Waals surface area contributed by atoms with Gasteiger partial charge in [-0.15, -0.1) is 0 Å². The Morgan fingerprint density at radius 2 is 2.24 bits per heavy atom. The highest BCUT2D eigenvalue weighted by atomic mass is 16.5. The van der Waals surface area contributed by atoms with Crippen LogP contribution in [0.15, 0.2) is 16.8 Å². The molecule has 3 heterocycles. The fourth-order valence-electron chi connectivity index (χ4n) is 2.48. The van der Waals surface area contributed by atoms with Crippen LogP contribution in [0.3, 0.4) is 0 Å². The zero-order valence-corrected chi connectivity index (χ0v) is 12.5. The lowest BCUT2D eigenvalue weighted by Gasteiger charge is -2.22. The van der Waals surface area contributed by atoms with Crippen LogP contribution in [0.1, 0.15) is 50.4 Å². The molecule has 21 heavy (non-hydrogen) atoms. The number of nitrogens with zero attached hydrogens (tertiary/aromatic N) is 5. The molecular weight excluding hydrogens is 270 g/mol. The van der Waals surface area contributed by atoms with Gasteiger partial charge in [0.25, 0.3) is 0 Å². The van der Waals surface area contributed by atoms with Gasteiger partial charge < -0.3 is 14.2 Å². The van der Waals surface area contributed by atoms with Crippen LogP contribution in [0.5, 0.6) is 5.88 Å². The Kier molecular flexibility index (Phi) is 3.72. The fraction of sp³-hybridized carbons (Fsp3) is 0.571. The van der Waals surface area contributed by atoms with E-state index in [2.05, 4.69) is 25.0 Å². The van der Waals surface area contributed by atoms with E-state index in [4.69, 9.17) is 9.26 Å². The second-order valence-electron chi connectivity index (χ2n) is 5.40. The summed E-state index contributed by atoms with van der Waals surface area (Å²) in [6.07, 6.45) is 3.72. The van der Waals surface area contributed by atoms with Gasteiger partial charge in [-0.1, -0.05) is 19.0 Å². The Bertz CT molecular complexity index is 613. The van der Waals surface area contributed by atoms with Gasteiger partial charge in [-0.2, -0.15) is 9.97 Å². The maximum atomic E-state index is 5.31. The topological polar surface area (TPSA) is 77.2 Å². The smallest absolute Gasteiger partial charge is 0.229 e. The predicted molar refractivity (Wildman–Crippen MR) is 76.3 cm³/mol. The van der Waals surface area contributed by atoms with Gasteiger partial charge in [-0.25, -0.2) is 4.98 Å². The normalized spacial score (nSPS) is 18.5. The Morgan fingerprint density at radius 1 is 1.38 bits per heavy atom. The summed E-state index contributed by atoms with van der Waals surface area (Å²) in [5.41, 5.74) is 0. The Hall–Kier alpha value is -2.18. The number of anilines is 1. The van der Waals surface area contributed by atoms with Gasteiger partial charge in [0, 0.05) is 24.7 Å². The lowest BCUT2D eigenvalue weighted by molar-refractivity contribution is 0.357. The molecule has 1 aliphatic rings. The number of aromatic nitrogens is 4. The van der Waals surface area contributed by atoms with Crippen LogP contribution in [0.25, 0.3) is 0 Å². The molecule has 1 atom stereocenters. The molecule has 0 aliphatic carbocycles. The van der Waals surface area contributed by atoms with Crippen LogP contribution in [0.2, 0.25) is 0 Å². The average molecular weight is 289 g/mol. The second kappa shape index (κ2) is 5.67. The van der Waals surface area contributed by atoms with Crippen LogP contribution >= 0.6 is 0 Å². The Labute approximate surface area is 123 Å². The standard InChI is InChI=1S/C14H19N5O2/c1-9(2)13-17-12(18-21-13)10-5-4-8-19(10)14-15-7-6-11(16-14)20-3/h6-7,9-10H,4-5,8H2,1-3H3/t10-/m1/s1. The van der Waals surface area contributed by atoms with E-state index in [1.165, 1.54) is 0 Å². The number of methoxy groups -OCH3 is 1. The summed E-state index contributed by atoms with van der Waals surface area (Å²) < 4.78 is 10.5. The third kappa shape index (κ3) is 2.68. The molecule has 1 fully saturated rings. The van der Waals surface area contributed by atoms with Crippen molar-refractivity contribution in [1.82, 2.24) is 20.1 Å². The predicted octanol–water partition coefficient (Wildman–Crippen LogP) is 2.33. The van der Waals surface area contributed by atoms with Crippen molar-refractivity contribution in [2.45, 2.75) is 38.6 Å². The molecule has 0 aromatic carbocycles. The highest BCUT2D eigenvalue weighted by Gasteiger charge is 2.32. The molecule has 7 nitrogen and oxygen atoms in total. The molecule has 0 saturated carbocycles. The SMILES string of the molecule is COc1ccnc(N2CCC[C@@H]2c2noc(C(C)C)n2)n1. The van der Waals surface area contributed by atoms with Crippen molar-refractivity contribution in [3.63, 3.8) is 0 Å². The highest BCUT2D eigenvalue weighted by molar-refractivity contribution is 5.36. The van der Waals surface area contributed by atoms with E-state index in [0.29, 0.717) is 23.5 Å². The van der Waals surface area contributed by atoms with Crippen LogP contribution in [0, 0.1) is 0 Å². The van der Waals surface area contributed by atoms with Crippen LogP contribution in [-0.4, -0.2) is 33.8 Å². The molecule has 2 aromatic rings. The second-order valence-corrected chi connectivity index (χ2v) is 5.40. The van der Waals surface area contributed by atoms with E-state index in [9.17, 15) is 0 Å². The maximum Gasteiger partial charge on any atom is 0.229 e. The van der Waals surface area contributed by atoms with Crippen LogP contribution < -0.4 is 9.64 Å². The summed E-state index contributed by atoms with van der Waals surface area (Å²) in [4.78, 5) is 15.3. The zero-order valence-electron chi connectivity index (χ0n) is 12.5. The lowest BCUT2D eigenvalue weighted by atomic mass is 10.2. The Morgan fingerprint density at radius 3 is 2.95 bits per heavy atom. The molecule has 0 unspecified atom stereocenters. The molecule has 3 rings (SSSR count). The minimum absolute atomic E-state index is 0.0633. The Balaban J connectivity index is 1.87. The number of ether oxygens (including phenoxy) is 1. The van der Waals surface area contributed by atoms with E-state index in [1.807, 2.05) is 13.8 Å². The van der Waals surface area contributed by atoms with E-state index in [1.54, 1.807) is 19.4 Å². The third-order valence-corrected chi connectivity index (χ3v) is 3.59. The molecule has 7 heteroatoms. The van der Waals surface area contributed by atoms with E-state index < -0.39 is 0 Å². The minimum Gasteiger partial charge on any atom is -0.481 e. The summed E-state index contributed by atoms with van der Waals surface area (Å²) in [5.74, 6) is 2.81. The van der Waals surface area contributed by atoms with Crippen molar-refractivity contribution < 1.29 is 9.26 Å². The van der Waals surface area contributed by atoms with Gasteiger partial charge >= 0.3 is 0 Å². The lowest BCUT2D eigenvalue weighted by Crippen LogP contribution is -2.25. The largest absolute Gasteiger partial charge is 0.481 e. The molecule has 0 bridgehead atoms. The average Bonchev–Trinajstić information content (AvgIpc) is 3.15. The summed E-state index contributed by atoms with van der Waals surface area (Å²) in [5, 5.41) is 4.12. The monoisotopic (exact) mass is 289 g/mol. The summed E-state index contributed by atoms with van der Waals surface area (Å²) >= 11 is 0. The van der Waals surface area contributed by atoms with Crippen molar-refractivity contribution in [2.24, 2.45) is 0 Å². The number of hydrogen-bond donors (Lipinski definition) is 0. The zero-order chi connectivity index (χ0) is 14.8. The first kappa shape index (κ1) is 13.8. The van der Waals surface area contributed by atoms with Gasteiger partial charge in [0.05, 0.1) is 13.2 Å². The van der Waals surface area contributed by atoms with E-state index in [-0.39, 0.29) is 12.0 Å². The first-order chi connectivity index (χ1) is 10.2. The van der Waals surface area contributed by atoms with Gasteiger partial charge in [0.1, 0.15) is 0 Å².